The van der Waals surface area contributed by atoms with E-state index in [4.69, 9.17) is 0 Å². The summed E-state index contributed by atoms with van der Waals surface area (Å²) in [5, 5.41) is 7.61. The second kappa shape index (κ2) is 6.18. The van der Waals surface area contributed by atoms with Crippen LogP contribution >= 0.6 is 11.8 Å². The van der Waals surface area contributed by atoms with Crippen molar-refractivity contribution in [1.29, 1.82) is 0 Å². The molecule has 114 valence electrons. The van der Waals surface area contributed by atoms with Gasteiger partial charge >= 0.3 is 5.69 Å². The van der Waals surface area contributed by atoms with Crippen LogP contribution < -0.4 is 11.2 Å². The molecular formula is C14H15N5O2S. The minimum absolute atomic E-state index is 0.158. The van der Waals surface area contributed by atoms with E-state index in [0.717, 1.165) is 6.42 Å². The molecule has 2 heterocycles. The van der Waals surface area contributed by atoms with Crippen molar-refractivity contribution in [3.05, 3.63) is 50.9 Å². The van der Waals surface area contributed by atoms with Gasteiger partial charge in [0.25, 0.3) is 5.56 Å². The van der Waals surface area contributed by atoms with E-state index >= 15 is 0 Å². The molecule has 0 bridgehead atoms. The number of fused-ring (bicyclic) bond motifs is 1. The average Bonchev–Trinajstić information content (AvgIpc) is 2.86. The Morgan fingerprint density at radius 1 is 1.27 bits per heavy atom. The molecule has 8 heteroatoms. The standard InChI is InChI=1S/C14H15N5O2S/c1-2-7-19-13(21)17-18-14(19)22-8-11-15-10-6-4-3-5-9(10)12(20)16-11/h3-6H,2,7-8H2,1H3,(H,17,21)(H,15,16,20). The maximum atomic E-state index is 12.0. The lowest BCUT2D eigenvalue weighted by molar-refractivity contribution is 0.603. The molecule has 0 atom stereocenters. The van der Waals surface area contributed by atoms with Gasteiger partial charge in [-0.15, -0.1) is 5.10 Å². The first-order valence-electron chi connectivity index (χ1n) is 6.95. The highest BCUT2D eigenvalue weighted by molar-refractivity contribution is 7.98. The summed E-state index contributed by atoms with van der Waals surface area (Å²) in [5.41, 5.74) is 0.285. The molecule has 3 aromatic rings. The normalized spacial score (nSPS) is 11.1. The third-order valence-corrected chi connectivity index (χ3v) is 4.16. The van der Waals surface area contributed by atoms with Crippen LogP contribution in [-0.2, 0) is 12.3 Å². The third kappa shape index (κ3) is 2.82. The number of hydrogen-bond donors (Lipinski definition) is 2. The van der Waals surface area contributed by atoms with Crippen LogP contribution in [0, 0.1) is 0 Å². The molecule has 0 amide bonds. The minimum atomic E-state index is -0.218. The van der Waals surface area contributed by atoms with E-state index in [1.54, 1.807) is 22.8 Å². The van der Waals surface area contributed by atoms with Crippen LogP contribution in [0.1, 0.15) is 19.2 Å². The second-order valence-electron chi connectivity index (χ2n) is 4.78. The molecule has 0 saturated carbocycles. The number of rotatable bonds is 5. The lowest BCUT2D eigenvalue weighted by atomic mass is 10.2. The Kier molecular flexibility index (Phi) is 4.10. The molecular weight excluding hydrogens is 302 g/mol. The van der Waals surface area contributed by atoms with E-state index in [1.807, 2.05) is 13.0 Å². The van der Waals surface area contributed by atoms with Crippen LogP contribution in [0.25, 0.3) is 10.9 Å². The number of aromatic nitrogens is 5. The molecule has 3 rings (SSSR count). The SMILES string of the molecule is CCCn1c(SCc2nc3ccccc3c(=O)[nH]2)n[nH]c1=O. The zero-order valence-corrected chi connectivity index (χ0v) is 12.8. The van der Waals surface area contributed by atoms with Crippen LogP contribution in [0.2, 0.25) is 0 Å². The van der Waals surface area contributed by atoms with Crippen molar-refractivity contribution < 1.29 is 0 Å². The maximum absolute atomic E-state index is 12.0. The molecule has 0 aliphatic rings. The fraction of sp³-hybridized carbons (Fsp3) is 0.286. The Bertz CT molecular complexity index is 911. The molecule has 0 fully saturated rings. The summed E-state index contributed by atoms with van der Waals surface area (Å²) in [4.78, 5) is 30.8. The zero-order chi connectivity index (χ0) is 15.5. The van der Waals surface area contributed by atoms with E-state index in [9.17, 15) is 9.59 Å². The number of nitrogens with one attached hydrogen (secondary N) is 2. The number of para-hydroxylation sites is 1. The Morgan fingerprint density at radius 3 is 2.91 bits per heavy atom. The predicted octanol–water partition coefficient (Wildman–Crippen LogP) is 1.51. The molecule has 2 aromatic heterocycles. The van der Waals surface area contributed by atoms with Gasteiger partial charge in [-0.05, 0) is 18.6 Å². The van der Waals surface area contributed by atoms with Crippen molar-refractivity contribution in [2.45, 2.75) is 30.8 Å². The summed E-state index contributed by atoms with van der Waals surface area (Å²) in [5.74, 6) is 1.00. The Morgan fingerprint density at radius 2 is 2.09 bits per heavy atom. The van der Waals surface area contributed by atoms with Crippen molar-refractivity contribution in [2.24, 2.45) is 0 Å². The fourth-order valence-corrected chi connectivity index (χ4v) is 3.01. The van der Waals surface area contributed by atoms with E-state index in [0.29, 0.717) is 34.2 Å². The molecule has 0 radical (unpaired) electrons. The molecule has 0 unspecified atom stereocenters. The van der Waals surface area contributed by atoms with Gasteiger partial charge < -0.3 is 4.98 Å². The number of benzene rings is 1. The van der Waals surface area contributed by atoms with Crippen molar-refractivity contribution in [2.75, 3.05) is 0 Å². The van der Waals surface area contributed by atoms with E-state index in [1.165, 1.54) is 11.8 Å². The average molecular weight is 317 g/mol. The maximum Gasteiger partial charge on any atom is 0.343 e. The summed E-state index contributed by atoms with van der Waals surface area (Å²) in [7, 11) is 0. The molecule has 22 heavy (non-hydrogen) atoms. The first-order chi connectivity index (χ1) is 10.7. The number of aromatic amines is 2. The highest BCUT2D eigenvalue weighted by atomic mass is 32.2. The van der Waals surface area contributed by atoms with Crippen molar-refractivity contribution in [1.82, 2.24) is 24.7 Å². The lowest BCUT2D eigenvalue weighted by Crippen LogP contribution is -2.17. The van der Waals surface area contributed by atoms with E-state index in [2.05, 4.69) is 20.2 Å². The summed E-state index contributed by atoms with van der Waals surface area (Å²) >= 11 is 1.37. The topological polar surface area (TPSA) is 96.4 Å². The molecule has 0 saturated heterocycles. The van der Waals surface area contributed by atoms with Crippen molar-refractivity contribution in [3.63, 3.8) is 0 Å². The van der Waals surface area contributed by atoms with Gasteiger partial charge in [-0.1, -0.05) is 30.8 Å². The number of H-pyrrole nitrogens is 2. The predicted molar refractivity (Wildman–Crippen MR) is 85.1 cm³/mol. The molecule has 0 aliphatic heterocycles. The van der Waals surface area contributed by atoms with Crippen LogP contribution in [0.4, 0.5) is 0 Å². The van der Waals surface area contributed by atoms with Crippen LogP contribution in [0.3, 0.4) is 0 Å². The van der Waals surface area contributed by atoms with E-state index < -0.39 is 0 Å². The van der Waals surface area contributed by atoms with Gasteiger partial charge in [0.15, 0.2) is 5.16 Å². The van der Waals surface area contributed by atoms with Crippen LogP contribution in [0.15, 0.2) is 39.0 Å². The lowest BCUT2D eigenvalue weighted by Gasteiger charge is -2.04. The first-order valence-corrected chi connectivity index (χ1v) is 7.93. The third-order valence-electron chi connectivity index (χ3n) is 3.17. The summed E-state index contributed by atoms with van der Waals surface area (Å²) < 4.78 is 1.59. The molecule has 0 spiro atoms. The van der Waals surface area contributed by atoms with Crippen LogP contribution in [-0.4, -0.2) is 24.7 Å². The summed E-state index contributed by atoms with van der Waals surface area (Å²) in [6, 6.07) is 7.20. The highest BCUT2D eigenvalue weighted by Crippen LogP contribution is 2.18. The monoisotopic (exact) mass is 317 g/mol. The number of nitrogens with zero attached hydrogens (tertiary/aromatic N) is 3. The molecule has 7 nitrogen and oxygen atoms in total. The smallest absolute Gasteiger partial charge is 0.309 e. The van der Waals surface area contributed by atoms with Gasteiger partial charge in [-0.25, -0.2) is 14.9 Å². The number of hydrogen-bond acceptors (Lipinski definition) is 5. The van der Waals surface area contributed by atoms with Gasteiger partial charge in [0, 0.05) is 6.54 Å². The van der Waals surface area contributed by atoms with Crippen LogP contribution in [0.5, 0.6) is 0 Å². The van der Waals surface area contributed by atoms with Crippen molar-refractivity contribution in [3.8, 4) is 0 Å². The summed E-state index contributed by atoms with van der Waals surface area (Å²) in [6.45, 7) is 2.61. The zero-order valence-electron chi connectivity index (χ0n) is 12.0. The van der Waals surface area contributed by atoms with Crippen molar-refractivity contribution >= 4 is 22.7 Å². The molecule has 1 aromatic carbocycles. The highest BCUT2D eigenvalue weighted by Gasteiger charge is 2.10. The van der Waals surface area contributed by atoms with Gasteiger partial charge in [-0.3, -0.25) is 9.36 Å². The largest absolute Gasteiger partial charge is 0.343 e. The Balaban J connectivity index is 1.85. The first kappa shape index (κ1) is 14.6. The van der Waals surface area contributed by atoms with Gasteiger partial charge in [0.2, 0.25) is 0 Å². The van der Waals surface area contributed by atoms with Gasteiger partial charge in [0.1, 0.15) is 5.82 Å². The fourth-order valence-electron chi connectivity index (χ4n) is 2.17. The molecule has 0 aliphatic carbocycles. The van der Waals surface area contributed by atoms with Gasteiger partial charge in [-0.2, -0.15) is 0 Å². The Labute approximate surface area is 129 Å². The second-order valence-corrected chi connectivity index (χ2v) is 5.72. The Hall–Kier alpha value is -2.35. The minimum Gasteiger partial charge on any atom is -0.309 e. The summed E-state index contributed by atoms with van der Waals surface area (Å²) in [6.07, 6.45) is 0.845. The van der Waals surface area contributed by atoms with Gasteiger partial charge in [0.05, 0.1) is 16.7 Å². The van der Waals surface area contributed by atoms with E-state index in [-0.39, 0.29) is 11.2 Å². The number of thioether (sulfide) groups is 1. The quantitative estimate of drug-likeness (QED) is 0.695. The molecule has 2 N–H and O–H groups in total.